The molecule has 3 aromatic rings. The number of aromatic nitrogens is 3. The summed E-state index contributed by atoms with van der Waals surface area (Å²) in [6.07, 6.45) is 1.59. The van der Waals surface area contributed by atoms with E-state index in [9.17, 15) is 14.9 Å². The Morgan fingerprint density at radius 1 is 1.27 bits per heavy atom. The van der Waals surface area contributed by atoms with Crippen molar-refractivity contribution in [1.29, 1.82) is 0 Å². The molecule has 3 rings (SSSR count). The minimum absolute atomic E-state index is 0.0554. The highest BCUT2D eigenvalue weighted by Gasteiger charge is 2.13. The Hall–Kier alpha value is -2.72. The molecule has 1 heterocycles. The van der Waals surface area contributed by atoms with Crippen LogP contribution in [0.1, 0.15) is 0 Å². The van der Waals surface area contributed by atoms with Crippen LogP contribution in [0.25, 0.3) is 5.69 Å². The number of carbonyl (C=O) groups is 1. The summed E-state index contributed by atoms with van der Waals surface area (Å²) in [5.74, 6) is -0.137. The number of carbonyl (C=O) groups excluding carboxylic acids is 1. The molecule has 0 spiro atoms. The number of nitro benzene ring substituents is 1. The maximum absolute atomic E-state index is 12.2. The first-order chi connectivity index (χ1) is 12.5. The average molecular weight is 434 g/mol. The van der Waals surface area contributed by atoms with Crippen LogP contribution in [0.15, 0.2) is 64.5 Å². The van der Waals surface area contributed by atoms with Crippen LogP contribution in [-0.4, -0.2) is 31.3 Å². The molecular formula is C16H12BrN5O3S. The Labute approximate surface area is 160 Å². The number of benzene rings is 2. The predicted molar refractivity (Wildman–Crippen MR) is 102 cm³/mol. The largest absolute Gasteiger partial charge is 0.324 e. The number of anilines is 1. The quantitative estimate of drug-likeness (QED) is 0.361. The zero-order valence-corrected chi connectivity index (χ0v) is 15.6. The van der Waals surface area contributed by atoms with Gasteiger partial charge in [-0.05, 0) is 34.1 Å². The lowest BCUT2D eigenvalue weighted by molar-refractivity contribution is -0.384. The van der Waals surface area contributed by atoms with E-state index in [2.05, 4.69) is 31.4 Å². The summed E-state index contributed by atoms with van der Waals surface area (Å²) in [6.45, 7) is 0. The second kappa shape index (κ2) is 8.11. The molecule has 0 aliphatic carbocycles. The van der Waals surface area contributed by atoms with Crippen LogP contribution in [0.3, 0.4) is 0 Å². The second-order valence-electron chi connectivity index (χ2n) is 5.08. The van der Waals surface area contributed by atoms with E-state index in [4.69, 9.17) is 0 Å². The first kappa shape index (κ1) is 18.1. The van der Waals surface area contributed by atoms with Crippen LogP contribution in [0, 0.1) is 10.1 Å². The highest BCUT2D eigenvalue weighted by molar-refractivity contribution is 9.10. The molecule has 132 valence electrons. The molecule has 0 fully saturated rings. The van der Waals surface area contributed by atoms with E-state index in [0.717, 1.165) is 5.69 Å². The summed E-state index contributed by atoms with van der Waals surface area (Å²) in [5, 5.41) is 22.0. The molecule has 10 heteroatoms. The molecule has 0 unspecified atom stereocenters. The standard InChI is InChI=1S/C16H12BrN5O3S/c17-13-8-12(22(24)25)6-7-14(13)19-15(23)9-26-16-20-18-10-21(16)11-4-2-1-3-5-11/h1-8,10H,9H2,(H,19,23). The van der Waals surface area contributed by atoms with Gasteiger partial charge in [0.15, 0.2) is 5.16 Å². The third-order valence-electron chi connectivity index (χ3n) is 3.32. The number of hydrogen-bond acceptors (Lipinski definition) is 6. The van der Waals surface area contributed by atoms with Crippen molar-refractivity contribution in [2.45, 2.75) is 5.16 Å². The van der Waals surface area contributed by atoms with Gasteiger partial charge in [-0.25, -0.2) is 0 Å². The Bertz CT molecular complexity index is 948. The summed E-state index contributed by atoms with van der Waals surface area (Å²) in [7, 11) is 0. The molecule has 8 nitrogen and oxygen atoms in total. The van der Waals surface area contributed by atoms with E-state index < -0.39 is 4.92 Å². The third kappa shape index (κ3) is 4.27. The van der Waals surface area contributed by atoms with Crippen molar-refractivity contribution >= 4 is 45.0 Å². The van der Waals surface area contributed by atoms with Gasteiger partial charge in [-0.2, -0.15) is 0 Å². The fourth-order valence-corrected chi connectivity index (χ4v) is 3.32. The SMILES string of the molecule is O=C(CSc1nncn1-c1ccccc1)Nc1ccc([N+](=O)[O-])cc1Br. The molecule has 0 atom stereocenters. The van der Waals surface area contributed by atoms with Crippen molar-refractivity contribution in [2.24, 2.45) is 0 Å². The van der Waals surface area contributed by atoms with Gasteiger partial charge in [-0.15, -0.1) is 10.2 Å². The summed E-state index contributed by atoms with van der Waals surface area (Å²) < 4.78 is 2.23. The van der Waals surface area contributed by atoms with Crippen LogP contribution in [0.2, 0.25) is 0 Å². The number of para-hydroxylation sites is 1. The van der Waals surface area contributed by atoms with Crippen LogP contribution in [0.5, 0.6) is 0 Å². The Morgan fingerprint density at radius 3 is 2.73 bits per heavy atom. The van der Waals surface area contributed by atoms with E-state index in [0.29, 0.717) is 15.3 Å². The minimum Gasteiger partial charge on any atom is -0.324 e. The van der Waals surface area contributed by atoms with E-state index >= 15 is 0 Å². The Kier molecular flexibility index (Phi) is 5.64. The molecule has 0 radical (unpaired) electrons. The minimum atomic E-state index is -0.497. The van der Waals surface area contributed by atoms with E-state index in [1.165, 1.54) is 30.0 Å². The number of nitro groups is 1. The normalized spacial score (nSPS) is 10.5. The second-order valence-corrected chi connectivity index (χ2v) is 6.87. The van der Waals surface area contributed by atoms with Crippen molar-refractivity contribution in [3.05, 3.63) is 69.4 Å². The van der Waals surface area contributed by atoms with Gasteiger partial charge in [-0.3, -0.25) is 19.5 Å². The number of thioether (sulfide) groups is 1. The number of nitrogens with zero attached hydrogens (tertiary/aromatic N) is 4. The van der Waals surface area contributed by atoms with Gasteiger partial charge in [0, 0.05) is 22.3 Å². The summed E-state index contributed by atoms with van der Waals surface area (Å²) in [6, 6.07) is 13.7. The van der Waals surface area contributed by atoms with Crippen LogP contribution in [0.4, 0.5) is 11.4 Å². The number of halogens is 1. The Balaban J connectivity index is 1.64. The third-order valence-corrected chi connectivity index (χ3v) is 4.92. The molecule has 1 N–H and O–H groups in total. The monoisotopic (exact) mass is 433 g/mol. The zero-order chi connectivity index (χ0) is 18.5. The lowest BCUT2D eigenvalue weighted by atomic mass is 10.3. The first-order valence-corrected chi connectivity index (χ1v) is 9.14. The molecule has 26 heavy (non-hydrogen) atoms. The molecule has 0 aliphatic heterocycles. The van der Waals surface area contributed by atoms with Crippen molar-refractivity contribution < 1.29 is 9.72 Å². The van der Waals surface area contributed by atoms with Crippen molar-refractivity contribution in [3.63, 3.8) is 0 Å². The van der Waals surface area contributed by atoms with E-state index in [-0.39, 0.29) is 17.3 Å². The zero-order valence-electron chi connectivity index (χ0n) is 13.2. The highest BCUT2D eigenvalue weighted by atomic mass is 79.9. The molecule has 1 aromatic heterocycles. The van der Waals surface area contributed by atoms with Gasteiger partial charge < -0.3 is 5.32 Å². The van der Waals surface area contributed by atoms with E-state index in [1.54, 1.807) is 10.9 Å². The van der Waals surface area contributed by atoms with Gasteiger partial charge in [0.05, 0.1) is 16.4 Å². The summed E-state index contributed by atoms with van der Waals surface area (Å²) in [5.41, 5.74) is 1.31. The number of non-ortho nitro benzene ring substituents is 1. The van der Waals surface area contributed by atoms with Gasteiger partial charge in [0.1, 0.15) is 6.33 Å². The van der Waals surface area contributed by atoms with Crippen LogP contribution in [-0.2, 0) is 4.79 Å². The molecule has 0 bridgehead atoms. The van der Waals surface area contributed by atoms with Crippen LogP contribution >= 0.6 is 27.7 Å². The smallest absolute Gasteiger partial charge is 0.270 e. The van der Waals surface area contributed by atoms with Gasteiger partial charge in [-0.1, -0.05) is 30.0 Å². The molecule has 1 amide bonds. The summed E-state index contributed by atoms with van der Waals surface area (Å²) in [4.78, 5) is 22.4. The van der Waals surface area contributed by atoms with Crippen molar-refractivity contribution in [2.75, 3.05) is 11.1 Å². The van der Waals surface area contributed by atoms with Gasteiger partial charge in [0.2, 0.25) is 5.91 Å². The number of rotatable bonds is 6. The lowest BCUT2D eigenvalue weighted by Crippen LogP contribution is -2.15. The molecule has 2 aromatic carbocycles. The lowest BCUT2D eigenvalue weighted by Gasteiger charge is -2.08. The fourth-order valence-electron chi connectivity index (χ4n) is 2.12. The molecule has 0 saturated carbocycles. The number of nitrogens with one attached hydrogen (secondary N) is 1. The topological polar surface area (TPSA) is 103 Å². The maximum Gasteiger partial charge on any atom is 0.270 e. The van der Waals surface area contributed by atoms with Crippen molar-refractivity contribution in [3.8, 4) is 5.69 Å². The molecule has 0 saturated heterocycles. The number of amides is 1. The van der Waals surface area contributed by atoms with E-state index in [1.807, 2.05) is 30.3 Å². The fraction of sp³-hybridized carbons (Fsp3) is 0.0625. The molecule has 0 aliphatic rings. The van der Waals surface area contributed by atoms with Gasteiger partial charge >= 0.3 is 0 Å². The first-order valence-electron chi connectivity index (χ1n) is 7.36. The highest BCUT2D eigenvalue weighted by Crippen LogP contribution is 2.27. The molecular weight excluding hydrogens is 422 g/mol. The van der Waals surface area contributed by atoms with Crippen LogP contribution < -0.4 is 5.32 Å². The van der Waals surface area contributed by atoms with Crippen molar-refractivity contribution in [1.82, 2.24) is 14.8 Å². The average Bonchev–Trinajstić information content (AvgIpc) is 3.11. The number of hydrogen-bond donors (Lipinski definition) is 1. The maximum atomic E-state index is 12.2. The Morgan fingerprint density at radius 2 is 2.04 bits per heavy atom. The predicted octanol–water partition coefficient (Wildman–Crippen LogP) is 3.67. The summed E-state index contributed by atoms with van der Waals surface area (Å²) >= 11 is 4.47. The van der Waals surface area contributed by atoms with Gasteiger partial charge in [0.25, 0.3) is 5.69 Å².